The number of nitrogens with zero attached hydrogens (tertiary/aromatic N) is 2. The van der Waals surface area contributed by atoms with Crippen molar-refractivity contribution in [3.8, 4) is 10.6 Å². The van der Waals surface area contributed by atoms with Gasteiger partial charge in [-0.2, -0.15) is 0 Å². The van der Waals surface area contributed by atoms with Crippen LogP contribution >= 0.6 is 35.1 Å². The van der Waals surface area contributed by atoms with Gasteiger partial charge in [0, 0.05) is 16.5 Å². The summed E-state index contributed by atoms with van der Waals surface area (Å²) in [6.07, 6.45) is 1.76. The molecule has 0 saturated carbocycles. The summed E-state index contributed by atoms with van der Waals surface area (Å²) >= 11 is 3.35. The van der Waals surface area contributed by atoms with Crippen molar-refractivity contribution in [2.45, 2.75) is 6.92 Å². The Kier molecular flexibility index (Phi) is 4.52. The molecule has 98 valence electrons. The van der Waals surface area contributed by atoms with Crippen molar-refractivity contribution in [1.82, 2.24) is 9.97 Å². The van der Waals surface area contributed by atoms with E-state index in [1.807, 2.05) is 18.2 Å². The van der Waals surface area contributed by atoms with Gasteiger partial charge in [0.25, 0.3) is 0 Å². The predicted molar refractivity (Wildman–Crippen MR) is 84.9 cm³/mol. The highest BCUT2D eigenvalue weighted by Crippen LogP contribution is 2.31. The molecule has 0 aliphatic heterocycles. The van der Waals surface area contributed by atoms with Gasteiger partial charge in [-0.15, -0.1) is 35.1 Å². The molecule has 0 amide bonds. The molecular formula is C13H12ClN3S2. The summed E-state index contributed by atoms with van der Waals surface area (Å²) in [5.41, 5.74) is 1.02. The van der Waals surface area contributed by atoms with Gasteiger partial charge in [-0.1, -0.05) is 6.07 Å². The predicted octanol–water partition coefficient (Wildman–Crippen LogP) is 4.74. The van der Waals surface area contributed by atoms with Crippen molar-refractivity contribution in [2.24, 2.45) is 0 Å². The van der Waals surface area contributed by atoms with Crippen molar-refractivity contribution in [1.29, 1.82) is 0 Å². The second-order valence-corrected chi connectivity index (χ2v) is 5.93. The summed E-state index contributed by atoms with van der Waals surface area (Å²) in [6.45, 7) is 2.10. The van der Waals surface area contributed by atoms with Crippen LogP contribution in [0.15, 0.2) is 41.9 Å². The van der Waals surface area contributed by atoms with Crippen LogP contribution < -0.4 is 5.32 Å². The van der Waals surface area contributed by atoms with Crippen LogP contribution in [0.2, 0.25) is 0 Å². The van der Waals surface area contributed by atoms with E-state index in [2.05, 4.69) is 39.7 Å². The van der Waals surface area contributed by atoms with Crippen LogP contribution in [-0.2, 0) is 0 Å². The van der Waals surface area contributed by atoms with Crippen LogP contribution in [0, 0.1) is 6.92 Å². The molecule has 0 aromatic carbocycles. The molecule has 0 aliphatic carbocycles. The number of thiazole rings is 1. The molecular weight excluding hydrogens is 298 g/mol. The Morgan fingerprint density at radius 1 is 1.16 bits per heavy atom. The molecule has 3 aromatic heterocycles. The van der Waals surface area contributed by atoms with Crippen molar-refractivity contribution in [3.63, 3.8) is 0 Å². The Labute approximate surface area is 125 Å². The number of aromatic nitrogens is 2. The maximum absolute atomic E-state index is 4.57. The number of pyridine rings is 1. The van der Waals surface area contributed by atoms with E-state index in [4.69, 9.17) is 0 Å². The number of hydrogen-bond acceptors (Lipinski definition) is 5. The lowest BCUT2D eigenvalue weighted by Gasteiger charge is -1.99. The molecule has 0 spiro atoms. The zero-order valence-corrected chi connectivity index (χ0v) is 12.6. The fourth-order valence-electron chi connectivity index (χ4n) is 1.56. The highest BCUT2D eigenvalue weighted by molar-refractivity contribution is 7.17. The SMILES string of the molecule is Cc1ccc(-c2csc(Nc3ccccn3)n2)s1.Cl. The minimum Gasteiger partial charge on any atom is -0.316 e. The van der Waals surface area contributed by atoms with E-state index in [-0.39, 0.29) is 12.4 Å². The molecule has 1 N–H and O–H groups in total. The maximum atomic E-state index is 4.57. The van der Waals surface area contributed by atoms with Gasteiger partial charge in [0.15, 0.2) is 5.13 Å². The molecule has 0 atom stereocenters. The first-order valence-corrected chi connectivity index (χ1v) is 7.21. The summed E-state index contributed by atoms with van der Waals surface area (Å²) in [6, 6.07) is 10.0. The van der Waals surface area contributed by atoms with Crippen molar-refractivity contribution in [2.75, 3.05) is 5.32 Å². The van der Waals surface area contributed by atoms with Crippen LogP contribution in [0.25, 0.3) is 10.6 Å². The third-order valence-electron chi connectivity index (χ3n) is 2.40. The minimum absolute atomic E-state index is 0. The molecule has 3 nitrogen and oxygen atoms in total. The van der Waals surface area contributed by atoms with Crippen molar-refractivity contribution in [3.05, 3.63) is 46.8 Å². The van der Waals surface area contributed by atoms with E-state index >= 15 is 0 Å². The van der Waals surface area contributed by atoms with E-state index < -0.39 is 0 Å². The maximum Gasteiger partial charge on any atom is 0.188 e. The molecule has 0 saturated heterocycles. The first-order valence-electron chi connectivity index (χ1n) is 5.52. The molecule has 0 bridgehead atoms. The molecule has 19 heavy (non-hydrogen) atoms. The van der Waals surface area contributed by atoms with Crippen LogP contribution in [0.4, 0.5) is 10.9 Å². The number of rotatable bonds is 3. The van der Waals surface area contributed by atoms with Gasteiger partial charge in [0.2, 0.25) is 0 Å². The first-order chi connectivity index (χ1) is 8.81. The summed E-state index contributed by atoms with van der Waals surface area (Å²) in [5.74, 6) is 0.820. The van der Waals surface area contributed by atoms with Gasteiger partial charge in [0.1, 0.15) is 5.82 Å². The molecule has 0 unspecified atom stereocenters. The largest absolute Gasteiger partial charge is 0.316 e. The molecule has 6 heteroatoms. The number of anilines is 2. The molecule has 0 fully saturated rings. The lowest BCUT2D eigenvalue weighted by atomic mass is 10.4. The number of nitrogens with one attached hydrogen (secondary N) is 1. The van der Waals surface area contributed by atoms with E-state index in [0.717, 1.165) is 16.6 Å². The Morgan fingerprint density at radius 2 is 2.05 bits per heavy atom. The topological polar surface area (TPSA) is 37.8 Å². The van der Waals surface area contributed by atoms with E-state index in [1.54, 1.807) is 28.9 Å². The molecule has 3 rings (SSSR count). The quantitative estimate of drug-likeness (QED) is 0.759. The van der Waals surface area contributed by atoms with Gasteiger partial charge in [-0.25, -0.2) is 9.97 Å². The van der Waals surface area contributed by atoms with Gasteiger partial charge >= 0.3 is 0 Å². The molecule has 0 aliphatic rings. The highest BCUT2D eigenvalue weighted by Gasteiger charge is 2.06. The average Bonchev–Trinajstić information content (AvgIpc) is 2.99. The van der Waals surface area contributed by atoms with Gasteiger partial charge in [-0.3, -0.25) is 0 Å². The Bertz CT molecular complexity index is 649. The molecule has 3 aromatic rings. The van der Waals surface area contributed by atoms with E-state index in [9.17, 15) is 0 Å². The number of halogens is 1. The van der Waals surface area contributed by atoms with E-state index in [0.29, 0.717) is 0 Å². The van der Waals surface area contributed by atoms with Crippen LogP contribution in [0.3, 0.4) is 0 Å². The van der Waals surface area contributed by atoms with Gasteiger partial charge in [-0.05, 0) is 31.2 Å². The van der Waals surface area contributed by atoms with Crippen molar-refractivity contribution >= 4 is 46.0 Å². The van der Waals surface area contributed by atoms with Crippen LogP contribution in [0.5, 0.6) is 0 Å². The zero-order chi connectivity index (χ0) is 12.4. The second kappa shape index (κ2) is 6.14. The summed E-state index contributed by atoms with van der Waals surface area (Å²) in [7, 11) is 0. The average molecular weight is 310 g/mol. The fraction of sp³-hybridized carbons (Fsp3) is 0.0769. The number of hydrogen-bond donors (Lipinski definition) is 1. The highest BCUT2D eigenvalue weighted by atomic mass is 35.5. The fourth-order valence-corrected chi connectivity index (χ4v) is 3.18. The third kappa shape index (κ3) is 3.32. The molecule has 0 radical (unpaired) electrons. The Morgan fingerprint density at radius 3 is 2.74 bits per heavy atom. The number of aryl methyl sites for hydroxylation is 1. The molecule has 3 heterocycles. The third-order valence-corrected chi connectivity index (χ3v) is 4.18. The Balaban J connectivity index is 0.00000133. The first kappa shape index (κ1) is 14.0. The summed E-state index contributed by atoms with van der Waals surface area (Å²) < 4.78 is 0. The lowest BCUT2D eigenvalue weighted by molar-refractivity contribution is 1.29. The van der Waals surface area contributed by atoms with Crippen LogP contribution in [-0.4, -0.2) is 9.97 Å². The lowest BCUT2D eigenvalue weighted by Crippen LogP contribution is -1.91. The minimum atomic E-state index is 0. The number of thiophene rings is 1. The standard InChI is InChI=1S/C13H11N3S2.ClH/c1-9-5-6-11(18-9)10-8-17-13(15-10)16-12-4-2-3-7-14-12;/h2-8H,1H3,(H,14,15,16);1H. The van der Waals surface area contributed by atoms with E-state index in [1.165, 1.54) is 9.75 Å². The smallest absolute Gasteiger partial charge is 0.188 e. The normalized spacial score (nSPS) is 9.95. The Hall–Kier alpha value is -1.43. The second-order valence-electron chi connectivity index (χ2n) is 3.79. The van der Waals surface area contributed by atoms with Gasteiger partial charge in [0.05, 0.1) is 10.6 Å². The summed E-state index contributed by atoms with van der Waals surface area (Å²) in [5, 5.41) is 6.14. The summed E-state index contributed by atoms with van der Waals surface area (Å²) in [4.78, 5) is 11.3. The monoisotopic (exact) mass is 309 g/mol. The zero-order valence-electron chi connectivity index (χ0n) is 10.2. The van der Waals surface area contributed by atoms with Crippen LogP contribution in [0.1, 0.15) is 4.88 Å². The van der Waals surface area contributed by atoms with Crippen molar-refractivity contribution < 1.29 is 0 Å². The van der Waals surface area contributed by atoms with Gasteiger partial charge < -0.3 is 5.32 Å².